The van der Waals surface area contributed by atoms with Gasteiger partial charge in [-0.3, -0.25) is 24.6 Å². The molecule has 3 aromatic rings. The molecule has 27 heavy (non-hydrogen) atoms. The van der Waals surface area contributed by atoms with Crippen molar-refractivity contribution in [3.05, 3.63) is 58.6 Å². The molecule has 1 aliphatic rings. The molecule has 0 atom stereocenters. The smallest absolute Gasteiger partial charge is 0.269 e. The lowest BCUT2D eigenvalue weighted by Gasteiger charge is -2.13. The minimum atomic E-state index is -0.486. The average Bonchev–Trinajstić information content (AvgIpc) is 3.29. The van der Waals surface area contributed by atoms with E-state index in [9.17, 15) is 19.7 Å². The first-order valence-electron chi connectivity index (χ1n) is 8.07. The second-order valence-electron chi connectivity index (χ2n) is 5.89. The number of hydrogen-bond acceptors (Lipinski definition) is 7. The van der Waals surface area contributed by atoms with Gasteiger partial charge in [-0.05, 0) is 36.4 Å². The van der Waals surface area contributed by atoms with Crippen molar-refractivity contribution in [2.24, 2.45) is 0 Å². The van der Waals surface area contributed by atoms with Crippen LogP contribution in [0.25, 0.3) is 22.9 Å². The van der Waals surface area contributed by atoms with Gasteiger partial charge < -0.3 is 4.42 Å². The molecule has 0 N–H and O–H groups in total. The lowest BCUT2D eigenvalue weighted by molar-refractivity contribution is -0.384. The number of nitro groups is 1. The van der Waals surface area contributed by atoms with E-state index >= 15 is 0 Å². The predicted molar refractivity (Wildman–Crippen MR) is 93.6 cm³/mol. The summed E-state index contributed by atoms with van der Waals surface area (Å²) in [5.74, 6) is 0.0554. The summed E-state index contributed by atoms with van der Waals surface area (Å²) in [7, 11) is 0. The van der Waals surface area contributed by atoms with Crippen molar-refractivity contribution in [2.45, 2.75) is 12.8 Å². The van der Waals surface area contributed by atoms with Crippen molar-refractivity contribution in [3.63, 3.8) is 0 Å². The Labute approximate surface area is 152 Å². The third kappa shape index (κ3) is 3.06. The minimum Gasteiger partial charge on any atom is -0.416 e. The van der Waals surface area contributed by atoms with Gasteiger partial charge in [0.25, 0.3) is 5.69 Å². The molecule has 0 spiro atoms. The molecule has 0 saturated carbocycles. The summed E-state index contributed by atoms with van der Waals surface area (Å²) >= 11 is 0. The number of imide groups is 1. The molecule has 2 amide bonds. The van der Waals surface area contributed by atoms with E-state index in [0.29, 0.717) is 16.8 Å². The Hall–Kier alpha value is -3.88. The molecule has 1 aromatic heterocycles. The molecule has 0 unspecified atom stereocenters. The van der Waals surface area contributed by atoms with E-state index in [0.717, 1.165) is 0 Å². The Morgan fingerprint density at radius 3 is 1.81 bits per heavy atom. The molecule has 0 bridgehead atoms. The molecule has 2 aromatic carbocycles. The van der Waals surface area contributed by atoms with Gasteiger partial charge in [0.05, 0.1) is 10.6 Å². The zero-order valence-corrected chi connectivity index (χ0v) is 13.9. The summed E-state index contributed by atoms with van der Waals surface area (Å²) in [5, 5.41) is 18.6. The fraction of sp³-hybridized carbons (Fsp3) is 0.111. The minimum absolute atomic E-state index is 0.0277. The van der Waals surface area contributed by atoms with Gasteiger partial charge in [0.1, 0.15) is 0 Å². The van der Waals surface area contributed by atoms with Crippen LogP contribution in [0.15, 0.2) is 52.9 Å². The standard InChI is InChI=1S/C18H12N4O5/c23-15-9-10-16(24)21(15)13-5-1-11(2-6-13)17-19-20-18(27-17)12-3-7-14(8-4-12)22(25)26/h1-8H,9-10H2. The molecule has 9 heteroatoms. The van der Waals surface area contributed by atoms with Crippen LogP contribution in [0.4, 0.5) is 11.4 Å². The van der Waals surface area contributed by atoms with E-state index in [1.54, 1.807) is 24.3 Å². The highest BCUT2D eigenvalue weighted by molar-refractivity contribution is 6.19. The van der Waals surface area contributed by atoms with Gasteiger partial charge in [-0.25, -0.2) is 0 Å². The van der Waals surface area contributed by atoms with Crippen LogP contribution in [-0.4, -0.2) is 26.9 Å². The van der Waals surface area contributed by atoms with E-state index < -0.39 is 4.92 Å². The van der Waals surface area contributed by atoms with Crippen molar-refractivity contribution in [2.75, 3.05) is 4.90 Å². The Morgan fingerprint density at radius 2 is 1.33 bits per heavy atom. The van der Waals surface area contributed by atoms with Crippen LogP contribution in [-0.2, 0) is 9.59 Å². The number of nitro benzene ring substituents is 1. The van der Waals surface area contributed by atoms with Crippen molar-refractivity contribution in [3.8, 4) is 22.9 Å². The van der Waals surface area contributed by atoms with Gasteiger partial charge in [0.15, 0.2) is 0 Å². The predicted octanol–water partition coefficient (Wildman–Crippen LogP) is 2.97. The van der Waals surface area contributed by atoms with Crippen LogP contribution >= 0.6 is 0 Å². The van der Waals surface area contributed by atoms with Gasteiger partial charge in [-0.15, -0.1) is 10.2 Å². The molecule has 1 aliphatic heterocycles. The van der Waals surface area contributed by atoms with E-state index in [-0.39, 0.29) is 42.1 Å². The number of aromatic nitrogens is 2. The number of hydrogen-bond donors (Lipinski definition) is 0. The second-order valence-corrected chi connectivity index (χ2v) is 5.89. The average molecular weight is 364 g/mol. The zero-order chi connectivity index (χ0) is 19.0. The number of rotatable bonds is 4. The number of non-ortho nitro benzene ring substituents is 1. The molecule has 1 fully saturated rings. The van der Waals surface area contributed by atoms with Crippen LogP contribution < -0.4 is 4.90 Å². The van der Waals surface area contributed by atoms with Gasteiger partial charge in [0, 0.05) is 36.1 Å². The monoisotopic (exact) mass is 364 g/mol. The number of carbonyl (C=O) groups is 2. The van der Waals surface area contributed by atoms with Crippen molar-refractivity contribution in [1.82, 2.24) is 10.2 Å². The van der Waals surface area contributed by atoms with Gasteiger partial charge in [-0.1, -0.05) is 0 Å². The van der Waals surface area contributed by atoms with Crippen LogP contribution in [0.1, 0.15) is 12.8 Å². The van der Waals surface area contributed by atoms with E-state index in [1.807, 2.05) is 0 Å². The first-order valence-corrected chi connectivity index (χ1v) is 8.07. The number of nitrogens with zero attached hydrogens (tertiary/aromatic N) is 4. The van der Waals surface area contributed by atoms with E-state index in [1.165, 1.54) is 29.2 Å². The Bertz CT molecular complexity index is 1020. The molecule has 134 valence electrons. The molecule has 0 aliphatic carbocycles. The summed E-state index contributed by atoms with van der Waals surface area (Å²) in [4.78, 5) is 35.0. The number of anilines is 1. The summed E-state index contributed by atoms with van der Waals surface area (Å²) in [6.07, 6.45) is 0.450. The van der Waals surface area contributed by atoms with E-state index in [2.05, 4.69) is 10.2 Å². The van der Waals surface area contributed by atoms with Crippen LogP contribution in [0.3, 0.4) is 0 Å². The van der Waals surface area contributed by atoms with Gasteiger partial charge in [-0.2, -0.15) is 0 Å². The third-order valence-electron chi connectivity index (χ3n) is 4.17. The van der Waals surface area contributed by atoms with Crippen molar-refractivity contribution in [1.29, 1.82) is 0 Å². The molecule has 0 radical (unpaired) electrons. The van der Waals surface area contributed by atoms with Crippen LogP contribution in [0, 0.1) is 10.1 Å². The quantitative estimate of drug-likeness (QED) is 0.396. The first kappa shape index (κ1) is 16.6. The number of amides is 2. The van der Waals surface area contributed by atoms with Crippen LogP contribution in [0.2, 0.25) is 0 Å². The van der Waals surface area contributed by atoms with Gasteiger partial charge >= 0.3 is 0 Å². The highest BCUT2D eigenvalue weighted by Gasteiger charge is 2.30. The molecule has 2 heterocycles. The molecule has 1 saturated heterocycles. The lowest BCUT2D eigenvalue weighted by Crippen LogP contribution is -2.28. The molecule has 9 nitrogen and oxygen atoms in total. The van der Waals surface area contributed by atoms with Crippen LogP contribution in [0.5, 0.6) is 0 Å². The Morgan fingerprint density at radius 1 is 0.852 bits per heavy atom. The fourth-order valence-corrected chi connectivity index (χ4v) is 2.80. The molecule has 4 rings (SSSR count). The SMILES string of the molecule is O=C1CCC(=O)N1c1ccc(-c2nnc(-c3ccc([N+](=O)[O-])cc3)o2)cc1. The lowest BCUT2D eigenvalue weighted by atomic mass is 10.2. The number of benzene rings is 2. The maximum absolute atomic E-state index is 11.8. The second kappa shape index (κ2) is 6.45. The summed E-state index contributed by atoms with van der Waals surface area (Å²) in [6.45, 7) is 0. The Balaban J connectivity index is 1.57. The Kier molecular flexibility index (Phi) is 3.96. The maximum Gasteiger partial charge on any atom is 0.269 e. The van der Waals surface area contributed by atoms with Crippen molar-refractivity contribution >= 4 is 23.2 Å². The normalized spacial score (nSPS) is 14.0. The van der Waals surface area contributed by atoms with E-state index in [4.69, 9.17) is 4.42 Å². The fourth-order valence-electron chi connectivity index (χ4n) is 2.80. The highest BCUT2D eigenvalue weighted by Crippen LogP contribution is 2.28. The first-order chi connectivity index (χ1) is 13.0. The van der Waals surface area contributed by atoms with Crippen molar-refractivity contribution < 1.29 is 18.9 Å². The summed E-state index contributed by atoms with van der Waals surface area (Å²) < 4.78 is 5.62. The summed E-state index contributed by atoms with van der Waals surface area (Å²) in [5.41, 5.74) is 1.66. The number of carbonyl (C=O) groups excluding carboxylic acids is 2. The topological polar surface area (TPSA) is 119 Å². The highest BCUT2D eigenvalue weighted by atomic mass is 16.6. The van der Waals surface area contributed by atoms with Gasteiger partial charge in [0.2, 0.25) is 23.6 Å². The summed E-state index contributed by atoms with van der Waals surface area (Å²) in [6, 6.07) is 12.4. The maximum atomic E-state index is 11.8. The molecular weight excluding hydrogens is 352 g/mol. The largest absolute Gasteiger partial charge is 0.416 e. The zero-order valence-electron chi connectivity index (χ0n) is 13.9. The molecular formula is C18H12N4O5. The third-order valence-corrected chi connectivity index (χ3v) is 4.17.